The van der Waals surface area contributed by atoms with E-state index in [9.17, 15) is 0 Å². The molecule has 3 rings (SSSR count). The number of hydrazone groups is 1. The molecule has 1 fully saturated rings. The van der Waals surface area contributed by atoms with Crippen molar-refractivity contribution < 1.29 is 4.74 Å². The topological polar surface area (TPSA) is 41.8 Å². The third-order valence-electron chi connectivity index (χ3n) is 4.97. The van der Waals surface area contributed by atoms with E-state index in [0.717, 1.165) is 31.6 Å². The molecule has 1 atom stereocenters. The third-order valence-corrected chi connectivity index (χ3v) is 5.38. The van der Waals surface area contributed by atoms with Crippen LogP contribution in [-0.2, 0) is 17.8 Å². The summed E-state index contributed by atoms with van der Waals surface area (Å²) in [5.41, 5.74) is 4.75. The molecule has 6 heteroatoms. The summed E-state index contributed by atoms with van der Waals surface area (Å²) in [6.07, 6.45) is 4.52. The second-order valence-electron chi connectivity index (χ2n) is 6.98. The summed E-state index contributed by atoms with van der Waals surface area (Å²) in [6.45, 7) is 6.76. The molecule has 1 aromatic heterocycles. The van der Waals surface area contributed by atoms with Gasteiger partial charge in [-0.3, -0.25) is 0 Å². The highest BCUT2D eigenvalue weighted by Crippen LogP contribution is 2.19. The zero-order chi connectivity index (χ0) is 19.2. The average Bonchev–Trinajstić information content (AvgIpc) is 3.29. The normalized spacial score (nSPS) is 16.8. The molecule has 2 heterocycles. The van der Waals surface area contributed by atoms with Crippen molar-refractivity contribution >= 4 is 23.5 Å². The Morgan fingerprint density at radius 2 is 2.15 bits per heavy atom. The molecule has 0 spiro atoms. The lowest BCUT2D eigenvalue weighted by atomic mass is 10.2. The van der Waals surface area contributed by atoms with Gasteiger partial charge in [-0.2, -0.15) is 5.10 Å². The maximum atomic E-state index is 5.78. The first-order valence-corrected chi connectivity index (χ1v) is 9.83. The summed E-state index contributed by atoms with van der Waals surface area (Å²) in [5, 5.41) is 10.0. The number of aromatic nitrogens is 1. The quantitative estimate of drug-likeness (QED) is 0.469. The van der Waals surface area contributed by atoms with E-state index in [1.54, 1.807) is 5.01 Å². The lowest BCUT2D eigenvalue weighted by molar-refractivity contribution is 0.0962. The van der Waals surface area contributed by atoms with Gasteiger partial charge in [-0.25, -0.2) is 5.01 Å². The van der Waals surface area contributed by atoms with Crippen LogP contribution in [0.3, 0.4) is 0 Å². The van der Waals surface area contributed by atoms with Crippen molar-refractivity contribution in [2.45, 2.75) is 45.9 Å². The van der Waals surface area contributed by atoms with Crippen LogP contribution in [-0.4, -0.2) is 40.7 Å². The van der Waals surface area contributed by atoms with Crippen LogP contribution in [0.2, 0.25) is 0 Å². The molecule has 1 aliphatic rings. The molecule has 1 N–H and O–H groups in total. The summed E-state index contributed by atoms with van der Waals surface area (Å²) < 4.78 is 8.10. The second kappa shape index (κ2) is 9.15. The summed E-state index contributed by atoms with van der Waals surface area (Å²) in [4.78, 5) is 0. The van der Waals surface area contributed by atoms with E-state index in [0.29, 0.717) is 17.8 Å². The first-order chi connectivity index (χ1) is 13.0. The first-order valence-electron chi connectivity index (χ1n) is 9.42. The van der Waals surface area contributed by atoms with Gasteiger partial charge in [0.25, 0.3) is 0 Å². The molecule has 2 aromatic rings. The molecule has 0 saturated carbocycles. The van der Waals surface area contributed by atoms with E-state index in [1.165, 1.54) is 17.0 Å². The molecular formula is C21H28N4OS. The number of rotatable bonds is 6. The Hall–Kier alpha value is -2.18. The standard InChI is InChI=1S/C21H28N4OS/c1-16-12-19(17(2)25(16)15-20-10-7-11-26-20)14-23-24(3)21(27)22-13-18-8-5-4-6-9-18/h4-6,8-9,12,14,20H,7,10-11,13,15H2,1-3H3,(H,22,27)/b23-14-/t20-/m0/s1. The lowest BCUT2D eigenvalue weighted by Gasteiger charge is -2.16. The fraction of sp³-hybridized carbons (Fsp3) is 0.429. The van der Waals surface area contributed by atoms with Gasteiger partial charge in [0.05, 0.1) is 12.3 Å². The smallest absolute Gasteiger partial charge is 0.189 e. The highest BCUT2D eigenvalue weighted by molar-refractivity contribution is 7.80. The number of hydrogen-bond acceptors (Lipinski definition) is 3. The highest BCUT2D eigenvalue weighted by Gasteiger charge is 2.18. The van der Waals surface area contributed by atoms with Crippen LogP contribution < -0.4 is 5.32 Å². The van der Waals surface area contributed by atoms with Gasteiger partial charge in [-0.05, 0) is 50.5 Å². The van der Waals surface area contributed by atoms with Crippen molar-refractivity contribution in [2.24, 2.45) is 5.10 Å². The number of nitrogens with one attached hydrogen (secondary N) is 1. The van der Waals surface area contributed by atoms with Crippen molar-refractivity contribution in [3.05, 3.63) is 58.9 Å². The molecule has 1 aliphatic heterocycles. The van der Waals surface area contributed by atoms with Gasteiger partial charge in [0, 0.05) is 43.7 Å². The summed E-state index contributed by atoms with van der Waals surface area (Å²) in [7, 11) is 1.86. The van der Waals surface area contributed by atoms with Crippen LogP contribution in [0.25, 0.3) is 0 Å². The van der Waals surface area contributed by atoms with Crippen LogP contribution in [0.5, 0.6) is 0 Å². The molecular weight excluding hydrogens is 356 g/mol. The number of nitrogens with zero attached hydrogens (tertiary/aromatic N) is 3. The molecule has 5 nitrogen and oxygen atoms in total. The summed E-state index contributed by atoms with van der Waals surface area (Å²) in [5.74, 6) is 0. The van der Waals surface area contributed by atoms with Gasteiger partial charge in [0.2, 0.25) is 0 Å². The Kier molecular flexibility index (Phi) is 6.63. The maximum absolute atomic E-state index is 5.78. The minimum atomic E-state index is 0.331. The summed E-state index contributed by atoms with van der Waals surface area (Å²) in [6, 6.07) is 12.4. The second-order valence-corrected chi connectivity index (χ2v) is 7.37. The Morgan fingerprint density at radius 1 is 1.37 bits per heavy atom. The predicted octanol–water partition coefficient (Wildman–Crippen LogP) is 3.62. The molecule has 0 unspecified atom stereocenters. The van der Waals surface area contributed by atoms with Crippen molar-refractivity contribution in [3.63, 3.8) is 0 Å². The lowest BCUT2D eigenvalue weighted by Crippen LogP contribution is -2.33. The van der Waals surface area contributed by atoms with Gasteiger partial charge in [-0.15, -0.1) is 0 Å². The van der Waals surface area contributed by atoms with E-state index >= 15 is 0 Å². The average molecular weight is 385 g/mol. The molecule has 27 heavy (non-hydrogen) atoms. The zero-order valence-electron chi connectivity index (χ0n) is 16.3. The van der Waals surface area contributed by atoms with Gasteiger partial charge in [0.15, 0.2) is 5.11 Å². The van der Waals surface area contributed by atoms with Crippen LogP contribution in [0, 0.1) is 13.8 Å². The van der Waals surface area contributed by atoms with Gasteiger partial charge in [0.1, 0.15) is 0 Å². The fourth-order valence-electron chi connectivity index (χ4n) is 3.32. The van der Waals surface area contributed by atoms with E-state index in [-0.39, 0.29) is 0 Å². The van der Waals surface area contributed by atoms with Crippen LogP contribution in [0.4, 0.5) is 0 Å². The Morgan fingerprint density at radius 3 is 2.85 bits per heavy atom. The van der Waals surface area contributed by atoms with Crippen molar-refractivity contribution in [2.75, 3.05) is 13.7 Å². The maximum Gasteiger partial charge on any atom is 0.189 e. The number of benzene rings is 1. The fourth-order valence-corrected chi connectivity index (χ4v) is 3.44. The van der Waals surface area contributed by atoms with Crippen molar-refractivity contribution in [1.82, 2.24) is 14.9 Å². The summed E-state index contributed by atoms with van der Waals surface area (Å²) >= 11 is 5.43. The molecule has 0 bridgehead atoms. The van der Waals surface area contributed by atoms with Crippen LogP contribution in [0.15, 0.2) is 41.5 Å². The molecule has 1 aromatic carbocycles. The zero-order valence-corrected chi connectivity index (χ0v) is 17.1. The number of ether oxygens (including phenoxy) is 1. The molecule has 0 aliphatic carbocycles. The third kappa shape index (κ3) is 5.17. The molecule has 1 saturated heterocycles. The Bertz CT molecular complexity index is 794. The Balaban J connectivity index is 1.58. The Labute approximate surface area is 167 Å². The van der Waals surface area contributed by atoms with Crippen molar-refractivity contribution in [1.29, 1.82) is 0 Å². The SMILES string of the molecule is Cc1cc(/C=N\N(C)C(=S)NCc2ccccc2)c(C)n1C[C@@H]1CCCO1. The van der Waals surface area contributed by atoms with E-state index in [2.05, 4.69) is 47.0 Å². The number of hydrogen-bond donors (Lipinski definition) is 1. The number of aryl methyl sites for hydroxylation is 1. The number of thiocarbonyl (C=S) groups is 1. The van der Waals surface area contributed by atoms with E-state index in [4.69, 9.17) is 17.0 Å². The van der Waals surface area contributed by atoms with Gasteiger partial charge >= 0.3 is 0 Å². The predicted molar refractivity (Wildman–Crippen MR) is 114 cm³/mol. The first kappa shape index (κ1) is 19.6. The molecule has 0 amide bonds. The largest absolute Gasteiger partial charge is 0.376 e. The van der Waals surface area contributed by atoms with Gasteiger partial charge in [-0.1, -0.05) is 30.3 Å². The monoisotopic (exact) mass is 384 g/mol. The minimum absolute atomic E-state index is 0.331. The van der Waals surface area contributed by atoms with Crippen LogP contribution >= 0.6 is 12.2 Å². The molecule has 0 radical (unpaired) electrons. The van der Waals surface area contributed by atoms with Crippen LogP contribution in [0.1, 0.15) is 35.4 Å². The molecule has 144 valence electrons. The van der Waals surface area contributed by atoms with Crippen molar-refractivity contribution in [3.8, 4) is 0 Å². The van der Waals surface area contributed by atoms with E-state index < -0.39 is 0 Å². The highest BCUT2D eigenvalue weighted by atomic mass is 32.1. The van der Waals surface area contributed by atoms with E-state index in [1.807, 2.05) is 31.5 Å². The van der Waals surface area contributed by atoms with Gasteiger partial charge < -0.3 is 14.6 Å². The minimum Gasteiger partial charge on any atom is -0.376 e.